The van der Waals surface area contributed by atoms with Crippen molar-refractivity contribution in [2.45, 2.75) is 33.2 Å². The fourth-order valence-corrected chi connectivity index (χ4v) is 1.20. The van der Waals surface area contributed by atoms with Gasteiger partial charge in [0.05, 0.1) is 0 Å². The van der Waals surface area contributed by atoms with Crippen LogP contribution in [-0.4, -0.2) is 34.1 Å². The number of hydrogen-bond donors (Lipinski definition) is 1. The molecule has 0 radical (unpaired) electrons. The van der Waals surface area contributed by atoms with Crippen LogP contribution in [0.15, 0.2) is 0 Å². The molecule has 1 aromatic rings. The van der Waals surface area contributed by atoms with E-state index in [1.54, 1.807) is 0 Å². The lowest BCUT2D eigenvalue weighted by Crippen LogP contribution is -2.28. The zero-order chi connectivity index (χ0) is 12.3. The van der Waals surface area contributed by atoms with Gasteiger partial charge in [0.25, 0.3) is 0 Å². The van der Waals surface area contributed by atoms with Gasteiger partial charge < -0.3 is 10.2 Å². The van der Waals surface area contributed by atoms with Gasteiger partial charge in [0.15, 0.2) is 0 Å². The lowest BCUT2D eigenvalue weighted by molar-refractivity contribution is 0.624. The van der Waals surface area contributed by atoms with Crippen LogP contribution >= 0.6 is 11.6 Å². The highest BCUT2D eigenvalue weighted by Crippen LogP contribution is 2.15. The van der Waals surface area contributed by atoms with E-state index in [4.69, 9.17) is 11.6 Å². The molecule has 0 saturated heterocycles. The molecule has 0 aliphatic heterocycles. The molecule has 0 bridgehead atoms. The predicted octanol–water partition coefficient (Wildman–Crippen LogP) is 2.19. The molecule has 0 saturated carbocycles. The molecule has 90 valence electrons. The van der Waals surface area contributed by atoms with Gasteiger partial charge in [-0.25, -0.2) is 0 Å². The third kappa shape index (κ3) is 3.81. The highest BCUT2D eigenvalue weighted by molar-refractivity contribution is 6.28. The Kier molecular flexibility index (Phi) is 3.91. The first-order chi connectivity index (χ1) is 7.31. The average Bonchev–Trinajstić information content (AvgIpc) is 2.12. The summed E-state index contributed by atoms with van der Waals surface area (Å²) >= 11 is 5.85. The normalized spacial score (nSPS) is 11.4. The fourth-order valence-electron chi connectivity index (χ4n) is 1.04. The molecule has 0 unspecified atom stereocenters. The van der Waals surface area contributed by atoms with Crippen molar-refractivity contribution in [2.24, 2.45) is 0 Å². The van der Waals surface area contributed by atoms with Gasteiger partial charge in [-0.2, -0.15) is 15.0 Å². The fraction of sp³-hybridized carbons (Fsp3) is 0.700. The van der Waals surface area contributed by atoms with Gasteiger partial charge in [-0.05, 0) is 39.3 Å². The number of rotatable bonds is 3. The zero-order valence-corrected chi connectivity index (χ0v) is 11.1. The monoisotopic (exact) mass is 243 g/mol. The van der Waals surface area contributed by atoms with E-state index in [-0.39, 0.29) is 10.8 Å². The molecule has 1 rings (SSSR count). The van der Waals surface area contributed by atoms with E-state index in [0.29, 0.717) is 11.9 Å². The highest BCUT2D eigenvalue weighted by Gasteiger charge is 2.14. The van der Waals surface area contributed by atoms with Gasteiger partial charge in [0.1, 0.15) is 0 Å². The maximum absolute atomic E-state index is 5.85. The Bertz CT molecular complexity index is 361. The summed E-state index contributed by atoms with van der Waals surface area (Å²) in [6.07, 6.45) is 0. The molecule has 1 N–H and O–H groups in total. The number of halogens is 1. The second-order valence-electron chi connectivity index (χ2n) is 4.62. The summed E-state index contributed by atoms with van der Waals surface area (Å²) in [5, 5.41) is 3.37. The first kappa shape index (κ1) is 13.0. The van der Waals surface area contributed by atoms with Gasteiger partial charge in [-0.15, -0.1) is 0 Å². The van der Waals surface area contributed by atoms with Crippen molar-refractivity contribution in [3.05, 3.63) is 5.28 Å². The third-order valence-electron chi connectivity index (χ3n) is 1.90. The second kappa shape index (κ2) is 4.82. The quantitative estimate of drug-likeness (QED) is 0.882. The smallest absolute Gasteiger partial charge is 0.231 e. The van der Waals surface area contributed by atoms with Crippen LogP contribution in [0.5, 0.6) is 0 Å². The van der Waals surface area contributed by atoms with Crippen molar-refractivity contribution < 1.29 is 0 Å². The minimum absolute atomic E-state index is 0.104. The Hall–Kier alpha value is -1.10. The van der Waals surface area contributed by atoms with E-state index in [1.165, 1.54) is 0 Å². The van der Waals surface area contributed by atoms with E-state index in [9.17, 15) is 0 Å². The first-order valence-corrected chi connectivity index (χ1v) is 5.60. The Labute approximate surface area is 101 Å². The van der Waals surface area contributed by atoms with Crippen molar-refractivity contribution in [1.82, 2.24) is 15.0 Å². The van der Waals surface area contributed by atoms with E-state index in [1.807, 2.05) is 39.6 Å². The standard InChI is InChI=1S/C10H18ClN5/c1-6-16(5)9-13-7(11)12-8(14-9)15-10(2,3)4/h6H2,1-5H3,(H,12,13,14,15). The molecule has 0 aromatic carbocycles. The second-order valence-corrected chi connectivity index (χ2v) is 4.96. The molecule has 0 aliphatic rings. The average molecular weight is 244 g/mol. The van der Waals surface area contributed by atoms with Crippen LogP contribution in [0, 0.1) is 0 Å². The number of nitrogens with one attached hydrogen (secondary N) is 1. The molecular weight excluding hydrogens is 226 g/mol. The van der Waals surface area contributed by atoms with Gasteiger partial charge >= 0.3 is 0 Å². The molecular formula is C10H18ClN5. The molecule has 6 heteroatoms. The van der Waals surface area contributed by atoms with Crippen LogP contribution in [0.3, 0.4) is 0 Å². The molecule has 1 heterocycles. The summed E-state index contributed by atoms with van der Waals surface area (Å²) in [6, 6.07) is 0. The zero-order valence-electron chi connectivity index (χ0n) is 10.4. The van der Waals surface area contributed by atoms with Crippen molar-refractivity contribution in [2.75, 3.05) is 23.8 Å². The van der Waals surface area contributed by atoms with Crippen LogP contribution in [0.25, 0.3) is 0 Å². The highest BCUT2D eigenvalue weighted by atomic mass is 35.5. The van der Waals surface area contributed by atoms with Crippen molar-refractivity contribution in [1.29, 1.82) is 0 Å². The Balaban J connectivity index is 2.99. The van der Waals surface area contributed by atoms with E-state index >= 15 is 0 Å². The first-order valence-electron chi connectivity index (χ1n) is 5.22. The molecule has 0 amide bonds. The minimum Gasteiger partial charge on any atom is -0.349 e. The van der Waals surface area contributed by atoms with E-state index < -0.39 is 0 Å². The number of hydrogen-bond acceptors (Lipinski definition) is 5. The summed E-state index contributed by atoms with van der Waals surface area (Å²) in [4.78, 5) is 14.3. The van der Waals surface area contributed by atoms with Gasteiger partial charge in [0, 0.05) is 19.1 Å². The summed E-state index contributed by atoms with van der Waals surface area (Å²) in [7, 11) is 1.91. The minimum atomic E-state index is -0.104. The molecule has 16 heavy (non-hydrogen) atoms. The number of nitrogens with zero attached hydrogens (tertiary/aromatic N) is 4. The lowest BCUT2D eigenvalue weighted by Gasteiger charge is -2.21. The van der Waals surface area contributed by atoms with Crippen molar-refractivity contribution in [3.63, 3.8) is 0 Å². The molecule has 0 spiro atoms. The van der Waals surface area contributed by atoms with Gasteiger partial charge in [-0.1, -0.05) is 0 Å². The Morgan fingerprint density at radius 1 is 1.25 bits per heavy atom. The van der Waals surface area contributed by atoms with Gasteiger partial charge in [-0.3, -0.25) is 0 Å². The van der Waals surface area contributed by atoms with Crippen LogP contribution in [0.4, 0.5) is 11.9 Å². The number of aromatic nitrogens is 3. The van der Waals surface area contributed by atoms with Crippen LogP contribution in [0.1, 0.15) is 27.7 Å². The Morgan fingerprint density at radius 2 is 1.88 bits per heavy atom. The summed E-state index contributed by atoms with van der Waals surface area (Å²) in [6.45, 7) is 8.94. The SMILES string of the molecule is CCN(C)c1nc(Cl)nc(NC(C)(C)C)n1. The molecule has 0 aliphatic carbocycles. The Morgan fingerprint density at radius 3 is 2.38 bits per heavy atom. The maximum Gasteiger partial charge on any atom is 0.231 e. The summed E-state index contributed by atoms with van der Waals surface area (Å²) in [5.41, 5.74) is -0.104. The molecule has 0 fully saturated rings. The topological polar surface area (TPSA) is 53.9 Å². The maximum atomic E-state index is 5.85. The van der Waals surface area contributed by atoms with E-state index in [2.05, 4.69) is 20.3 Å². The van der Waals surface area contributed by atoms with Crippen LogP contribution in [0.2, 0.25) is 5.28 Å². The van der Waals surface area contributed by atoms with E-state index in [0.717, 1.165) is 6.54 Å². The largest absolute Gasteiger partial charge is 0.349 e. The third-order valence-corrected chi connectivity index (χ3v) is 2.07. The van der Waals surface area contributed by atoms with Gasteiger partial charge in [0.2, 0.25) is 17.2 Å². The van der Waals surface area contributed by atoms with Crippen molar-refractivity contribution >= 4 is 23.5 Å². The summed E-state index contributed by atoms with van der Waals surface area (Å²) in [5.74, 6) is 1.08. The molecule has 1 aromatic heterocycles. The van der Waals surface area contributed by atoms with Crippen molar-refractivity contribution in [3.8, 4) is 0 Å². The number of anilines is 2. The lowest BCUT2D eigenvalue weighted by atomic mass is 10.1. The summed E-state index contributed by atoms with van der Waals surface area (Å²) < 4.78 is 0. The molecule has 0 atom stereocenters. The van der Waals surface area contributed by atoms with Crippen LogP contribution in [-0.2, 0) is 0 Å². The predicted molar refractivity (Wildman–Crippen MR) is 67.2 cm³/mol. The van der Waals surface area contributed by atoms with Crippen LogP contribution < -0.4 is 10.2 Å². The molecule has 5 nitrogen and oxygen atoms in total.